The van der Waals surface area contributed by atoms with E-state index in [4.69, 9.17) is 0 Å². The Hall–Kier alpha value is -1.89. The van der Waals surface area contributed by atoms with E-state index < -0.39 is 12.0 Å². The summed E-state index contributed by atoms with van der Waals surface area (Å²) >= 11 is 0. The van der Waals surface area contributed by atoms with E-state index in [1.807, 2.05) is 0 Å². The zero-order valence-corrected chi connectivity index (χ0v) is 13.6. The summed E-state index contributed by atoms with van der Waals surface area (Å²) in [4.78, 5) is 9.74. The molecule has 0 saturated carbocycles. The first-order valence-corrected chi connectivity index (χ1v) is 8.23. The van der Waals surface area contributed by atoms with E-state index in [0.29, 0.717) is 23.4 Å². The minimum Gasteiger partial charge on any atom is -0.369 e. The number of rotatable bonds is 5. The number of nitrogens with one attached hydrogen (secondary N) is 1. The number of aromatic nitrogens is 2. The summed E-state index contributed by atoms with van der Waals surface area (Å²) in [5.74, 6) is -0.525. The van der Waals surface area contributed by atoms with E-state index >= 15 is 0 Å². The zero-order chi connectivity index (χ0) is 17.2. The molecule has 1 aromatic carbocycles. The van der Waals surface area contributed by atoms with Crippen LogP contribution >= 0.6 is 0 Å². The van der Waals surface area contributed by atoms with Gasteiger partial charge in [-0.1, -0.05) is 19.1 Å². The van der Waals surface area contributed by atoms with Crippen molar-refractivity contribution in [3.8, 4) is 0 Å². The van der Waals surface area contributed by atoms with Gasteiger partial charge in [-0.25, -0.2) is 9.97 Å². The van der Waals surface area contributed by atoms with Crippen LogP contribution in [0.15, 0.2) is 24.3 Å². The van der Waals surface area contributed by atoms with Gasteiger partial charge in [-0.15, -0.1) is 0 Å². The van der Waals surface area contributed by atoms with Gasteiger partial charge in [-0.3, -0.25) is 0 Å². The Bertz CT molecular complexity index is 696. The van der Waals surface area contributed by atoms with E-state index in [-0.39, 0.29) is 5.82 Å². The fraction of sp³-hybridized carbons (Fsp3) is 0.529. The first-order chi connectivity index (χ1) is 11.4. The molecule has 1 atom stereocenters. The molecule has 3 rings (SSSR count). The van der Waals surface area contributed by atoms with Crippen LogP contribution in [-0.4, -0.2) is 41.0 Å². The molecule has 1 saturated heterocycles. The fourth-order valence-corrected chi connectivity index (χ4v) is 3.08. The molecular formula is C17H21F3N4. The number of alkyl halides is 3. The predicted octanol–water partition coefficient (Wildman–Crippen LogP) is 3.79. The number of likely N-dealkylation sites (tertiary alicyclic amines) is 1. The molecule has 0 unspecified atom stereocenters. The van der Waals surface area contributed by atoms with Crippen LogP contribution in [0.3, 0.4) is 0 Å². The maximum Gasteiger partial charge on any atom is 0.451 e. The summed E-state index contributed by atoms with van der Waals surface area (Å²) in [7, 11) is 0. The number of benzene rings is 1. The van der Waals surface area contributed by atoms with E-state index in [9.17, 15) is 13.2 Å². The molecule has 0 aliphatic carbocycles. The van der Waals surface area contributed by atoms with Crippen LogP contribution in [0.4, 0.5) is 19.0 Å². The average Bonchev–Trinajstić information content (AvgIpc) is 3.04. The largest absolute Gasteiger partial charge is 0.451 e. The fourth-order valence-electron chi connectivity index (χ4n) is 3.08. The van der Waals surface area contributed by atoms with Crippen LogP contribution in [0.25, 0.3) is 10.9 Å². The lowest BCUT2D eigenvalue weighted by molar-refractivity contribution is -0.144. The van der Waals surface area contributed by atoms with Crippen molar-refractivity contribution in [2.45, 2.75) is 25.9 Å². The second kappa shape index (κ2) is 6.93. The summed E-state index contributed by atoms with van der Waals surface area (Å²) in [6, 6.07) is 6.76. The van der Waals surface area contributed by atoms with Crippen molar-refractivity contribution in [2.24, 2.45) is 5.92 Å². The van der Waals surface area contributed by atoms with Crippen LogP contribution in [0.2, 0.25) is 0 Å². The van der Waals surface area contributed by atoms with Crippen LogP contribution in [0.1, 0.15) is 25.6 Å². The molecule has 0 spiro atoms. The third-order valence-electron chi connectivity index (χ3n) is 4.24. The minimum atomic E-state index is -4.55. The van der Waals surface area contributed by atoms with Gasteiger partial charge in [-0.05, 0) is 44.0 Å². The number of anilines is 1. The number of hydrogen-bond donors (Lipinski definition) is 1. The summed E-state index contributed by atoms with van der Waals surface area (Å²) in [6.45, 7) is 5.84. The Labute approximate surface area is 139 Å². The van der Waals surface area contributed by atoms with Gasteiger partial charge in [0.25, 0.3) is 0 Å². The molecule has 2 aromatic rings. The van der Waals surface area contributed by atoms with Crippen LogP contribution in [0, 0.1) is 5.92 Å². The van der Waals surface area contributed by atoms with Gasteiger partial charge in [0.2, 0.25) is 5.82 Å². The van der Waals surface area contributed by atoms with Crippen molar-refractivity contribution >= 4 is 16.7 Å². The minimum absolute atomic E-state index is 0.251. The SMILES string of the molecule is C[C@@H](CNc1nc(C(F)(F)F)nc2ccccc12)CN1CCCC1. The highest BCUT2D eigenvalue weighted by Crippen LogP contribution is 2.30. The lowest BCUT2D eigenvalue weighted by atomic mass is 10.1. The van der Waals surface area contributed by atoms with Crippen molar-refractivity contribution < 1.29 is 13.2 Å². The molecule has 2 heterocycles. The molecule has 4 nitrogen and oxygen atoms in total. The predicted molar refractivity (Wildman–Crippen MR) is 87.9 cm³/mol. The van der Waals surface area contributed by atoms with E-state index in [0.717, 1.165) is 19.6 Å². The maximum absolute atomic E-state index is 13.0. The van der Waals surface area contributed by atoms with Gasteiger partial charge in [0.15, 0.2) is 0 Å². The molecule has 1 aliphatic heterocycles. The number of nitrogens with zero attached hydrogens (tertiary/aromatic N) is 3. The van der Waals surface area contributed by atoms with Gasteiger partial charge < -0.3 is 10.2 Å². The summed E-state index contributed by atoms with van der Waals surface area (Å²) < 4.78 is 39.0. The lowest BCUT2D eigenvalue weighted by Crippen LogP contribution is -2.29. The Balaban J connectivity index is 1.77. The molecule has 1 N–H and O–H groups in total. The molecule has 24 heavy (non-hydrogen) atoms. The molecule has 130 valence electrons. The molecule has 1 aliphatic rings. The molecule has 1 fully saturated rings. The monoisotopic (exact) mass is 338 g/mol. The number of fused-ring (bicyclic) bond motifs is 1. The molecule has 1 aromatic heterocycles. The van der Waals surface area contributed by atoms with Gasteiger partial charge in [-0.2, -0.15) is 13.2 Å². The Morgan fingerprint density at radius 2 is 1.88 bits per heavy atom. The van der Waals surface area contributed by atoms with E-state index in [1.54, 1.807) is 24.3 Å². The topological polar surface area (TPSA) is 41.1 Å². The van der Waals surface area contributed by atoms with Crippen molar-refractivity contribution in [1.82, 2.24) is 14.9 Å². The van der Waals surface area contributed by atoms with Crippen molar-refractivity contribution in [1.29, 1.82) is 0 Å². The molecule has 0 radical (unpaired) electrons. The Morgan fingerprint density at radius 3 is 2.58 bits per heavy atom. The van der Waals surface area contributed by atoms with Crippen LogP contribution in [0.5, 0.6) is 0 Å². The summed E-state index contributed by atoms with van der Waals surface area (Å²) in [5.41, 5.74) is 0.300. The quantitative estimate of drug-likeness (QED) is 0.900. The second-order valence-corrected chi connectivity index (χ2v) is 6.40. The third kappa shape index (κ3) is 3.95. The number of halogens is 3. The van der Waals surface area contributed by atoms with Crippen molar-refractivity contribution in [2.75, 3.05) is 31.5 Å². The average molecular weight is 338 g/mol. The normalized spacial score (nSPS) is 17.3. The highest BCUT2D eigenvalue weighted by Gasteiger charge is 2.35. The van der Waals surface area contributed by atoms with Gasteiger partial charge in [0, 0.05) is 18.5 Å². The smallest absolute Gasteiger partial charge is 0.369 e. The molecule has 0 bridgehead atoms. The first-order valence-electron chi connectivity index (χ1n) is 8.23. The van der Waals surface area contributed by atoms with Crippen LogP contribution < -0.4 is 5.32 Å². The Kier molecular flexibility index (Phi) is 4.89. The number of hydrogen-bond acceptors (Lipinski definition) is 4. The van der Waals surface area contributed by atoms with Crippen LogP contribution in [-0.2, 0) is 6.18 Å². The van der Waals surface area contributed by atoms with E-state index in [2.05, 4.69) is 27.1 Å². The maximum atomic E-state index is 13.0. The highest BCUT2D eigenvalue weighted by atomic mass is 19.4. The summed E-state index contributed by atoms with van der Waals surface area (Å²) in [5, 5.41) is 3.71. The lowest BCUT2D eigenvalue weighted by Gasteiger charge is -2.21. The van der Waals surface area contributed by atoms with Crippen molar-refractivity contribution in [3.63, 3.8) is 0 Å². The molecule has 0 amide bonds. The molecular weight excluding hydrogens is 317 g/mol. The first kappa shape index (κ1) is 17.0. The van der Waals surface area contributed by atoms with Crippen molar-refractivity contribution in [3.05, 3.63) is 30.1 Å². The second-order valence-electron chi connectivity index (χ2n) is 6.40. The highest BCUT2D eigenvalue weighted by molar-refractivity contribution is 5.89. The van der Waals surface area contributed by atoms with E-state index in [1.165, 1.54) is 12.8 Å². The molecule has 7 heteroatoms. The number of para-hydroxylation sites is 1. The Morgan fingerprint density at radius 1 is 1.17 bits per heavy atom. The standard InChI is InChI=1S/C17H21F3N4/c1-12(11-24-8-4-5-9-24)10-21-15-13-6-2-3-7-14(13)22-16(23-15)17(18,19)20/h2-3,6-7,12H,4-5,8-11H2,1H3,(H,21,22,23)/t12-/m0/s1. The zero-order valence-electron chi connectivity index (χ0n) is 13.6. The van der Waals surface area contributed by atoms with Gasteiger partial charge in [0.05, 0.1) is 5.52 Å². The van der Waals surface area contributed by atoms with Gasteiger partial charge >= 0.3 is 6.18 Å². The summed E-state index contributed by atoms with van der Waals surface area (Å²) in [6.07, 6.45) is -2.10. The third-order valence-corrected chi connectivity index (χ3v) is 4.24. The van der Waals surface area contributed by atoms with Gasteiger partial charge in [0.1, 0.15) is 5.82 Å².